The van der Waals surface area contributed by atoms with E-state index in [1.165, 1.54) is 14.0 Å². The largest absolute Gasteiger partial charge is 0.394 e. The Morgan fingerprint density at radius 3 is 2.19 bits per heavy atom. The van der Waals surface area contributed by atoms with Crippen LogP contribution in [0.4, 0.5) is 4.79 Å². The molecular weight excluding hydrogens is 214 g/mol. The number of carbonyl (C=O) groups is 2. The first-order valence-corrected chi connectivity index (χ1v) is 4.90. The third-order valence-electron chi connectivity index (χ3n) is 2.12. The molecule has 1 unspecified atom stereocenters. The molecule has 7 nitrogen and oxygen atoms in total. The maximum absolute atomic E-state index is 11.4. The molecule has 0 aliphatic rings. The zero-order valence-corrected chi connectivity index (χ0v) is 9.70. The predicted octanol–water partition coefficient (Wildman–Crippen LogP) is -1.84. The summed E-state index contributed by atoms with van der Waals surface area (Å²) in [4.78, 5) is 22.3. The van der Waals surface area contributed by atoms with Crippen LogP contribution in [0.1, 0.15) is 13.8 Å². The lowest BCUT2D eigenvalue weighted by molar-refractivity contribution is -0.122. The van der Waals surface area contributed by atoms with Crippen molar-refractivity contribution in [2.75, 3.05) is 20.3 Å². The van der Waals surface area contributed by atoms with Crippen molar-refractivity contribution < 1.29 is 19.8 Å². The minimum absolute atomic E-state index is 0.318. The first-order valence-electron chi connectivity index (χ1n) is 4.90. The molecule has 94 valence electrons. The van der Waals surface area contributed by atoms with E-state index in [0.717, 1.165) is 0 Å². The summed E-state index contributed by atoms with van der Waals surface area (Å²) in [6, 6.07) is -1.31. The van der Waals surface area contributed by atoms with Crippen molar-refractivity contribution in [2.24, 2.45) is 0 Å². The van der Waals surface area contributed by atoms with Crippen LogP contribution in [0.25, 0.3) is 0 Å². The van der Waals surface area contributed by atoms with Crippen LogP contribution in [0.15, 0.2) is 0 Å². The topological polar surface area (TPSA) is 111 Å². The summed E-state index contributed by atoms with van der Waals surface area (Å²) in [5.74, 6) is -0.535. The van der Waals surface area contributed by atoms with Gasteiger partial charge in [-0.1, -0.05) is 0 Å². The van der Waals surface area contributed by atoms with E-state index in [4.69, 9.17) is 10.2 Å². The van der Waals surface area contributed by atoms with Gasteiger partial charge >= 0.3 is 6.03 Å². The summed E-state index contributed by atoms with van der Waals surface area (Å²) >= 11 is 0. The fourth-order valence-electron chi connectivity index (χ4n) is 1.01. The first kappa shape index (κ1) is 14.8. The van der Waals surface area contributed by atoms with E-state index in [9.17, 15) is 9.59 Å². The second-order valence-corrected chi connectivity index (χ2v) is 3.81. The van der Waals surface area contributed by atoms with Crippen LogP contribution in [-0.2, 0) is 4.79 Å². The van der Waals surface area contributed by atoms with Crippen LogP contribution in [0, 0.1) is 0 Å². The highest BCUT2D eigenvalue weighted by Crippen LogP contribution is 2.02. The van der Waals surface area contributed by atoms with Crippen molar-refractivity contribution in [3.63, 3.8) is 0 Å². The Balaban J connectivity index is 4.29. The Labute approximate surface area is 94.2 Å². The van der Waals surface area contributed by atoms with Gasteiger partial charge in [-0.3, -0.25) is 15.4 Å². The third-order valence-corrected chi connectivity index (χ3v) is 2.12. The van der Waals surface area contributed by atoms with Gasteiger partial charge in [0, 0.05) is 7.05 Å². The smallest absolute Gasteiger partial charge is 0.321 e. The summed E-state index contributed by atoms with van der Waals surface area (Å²) in [6.07, 6.45) is 0. The molecule has 0 bridgehead atoms. The minimum atomic E-state index is -0.959. The highest BCUT2D eigenvalue weighted by molar-refractivity contribution is 5.96. The quantitative estimate of drug-likeness (QED) is 0.383. The normalized spacial score (nSPS) is 13.1. The lowest BCUT2D eigenvalue weighted by Gasteiger charge is -2.29. The van der Waals surface area contributed by atoms with Crippen LogP contribution in [0.3, 0.4) is 0 Å². The summed E-state index contributed by atoms with van der Waals surface area (Å²) in [6.45, 7) is 2.46. The number of hydrogen-bond acceptors (Lipinski definition) is 5. The van der Waals surface area contributed by atoms with Gasteiger partial charge in [0.05, 0.1) is 24.8 Å². The van der Waals surface area contributed by atoms with Crippen molar-refractivity contribution in [3.05, 3.63) is 0 Å². The minimum Gasteiger partial charge on any atom is -0.394 e. The number of hydrogen-bond donors (Lipinski definition) is 5. The second-order valence-electron chi connectivity index (χ2n) is 3.81. The summed E-state index contributed by atoms with van der Waals surface area (Å²) < 4.78 is 0. The number of amides is 3. The van der Waals surface area contributed by atoms with Crippen molar-refractivity contribution >= 4 is 11.9 Å². The molecule has 0 saturated carbocycles. The van der Waals surface area contributed by atoms with Gasteiger partial charge < -0.3 is 15.5 Å². The van der Waals surface area contributed by atoms with Crippen LogP contribution in [-0.4, -0.2) is 54.0 Å². The second kappa shape index (κ2) is 6.41. The first-order chi connectivity index (χ1) is 7.38. The molecule has 0 radical (unpaired) electrons. The Morgan fingerprint density at radius 1 is 1.31 bits per heavy atom. The Morgan fingerprint density at radius 2 is 1.81 bits per heavy atom. The summed E-state index contributed by atoms with van der Waals surface area (Å²) in [7, 11) is 1.40. The monoisotopic (exact) mass is 233 g/mol. The van der Waals surface area contributed by atoms with Crippen LogP contribution < -0.4 is 16.0 Å². The van der Waals surface area contributed by atoms with Crippen molar-refractivity contribution in [3.8, 4) is 0 Å². The zero-order valence-electron chi connectivity index (χ0n) is 9.70. The molecule has 0 aromatic rings. The fraction of sp³-hybridized carbons (Fsp3) is 0.778. The van der Waals surface area contributed by atoms with Gasteiger partial charge in [-0.05, 0) is 13.8 Å². The highest BCUT2D eigenvalue weighted by atomic mass is 16.3. The van der Waals surface area contributed by atoms with Gasteiger partial charge in [-0.15, -0.1) is 0 Å². The van der Waals surface area contributed by atoms with Gasteiger partial charge in [-0.25, -0.2) is 4.79 Å². The number of aliphatic hydroxyl groups is 2. The molecule has 1 atom stereocenters. The number of rotatable bonds is 5. The average molecular weight is 233 g/mol. The lowest BCUT2D eigenvalue weighted by atomic mass is 10.0. The van der Waals surface area contributed by atoms with Gasteiger partial charge in [-0.2, -0.15) is 0 Å². The Hall–Kier alpha value is -1.18. The predicted molar refractivity (Wildman–Crippen MR) is 57.8 cm³/mol. The average Bonchev–Trinajstić information content (AvgIpc) is 2.28. The fourth-order valence-corrected chi connectivity index (χ4v) is 1.01. The van der Waals surface area contributed by atoms with Gasteiger partial charge in [0.2, 0.25) is 5.91 Å². The molecule has 0 spiro atoms. The van der Waals surface area contributed by atoms with E-state index in [-0.39, 0.29) is 13.2 Å². The molecule has 0 aromatic carbocycles. The van der Waals surface area contributed by atoms with Gasteiger partial charge in [0.25, 0.3) is 0 Å². The van der Waals surface area contributed by atoms with Gasteiger partial charge in [0.1, 0.15) is 0 Å². The van der Waals surface area contributed by atoms with E-state index in [1.54, 1.807) is 6.92 Å². The van der Waals surface area contributed by atoms with Crippen LogP contribution >= 0.6 is 0 Å². The number of carbonyl (C=O) groups excluding carboxylic acids is 2. The molecule has 0 fully saturated rings. The lowest BCUT2D eigenvalue weighted by Crippen LogP contribution is -2.57. The van der Waals surface area contributed by atoms with E-state index in [2.05, 4.69) is 16.0 Å². The SMILES string of the molecule is CNC(=O)NC(=O)C(C)NC(C)(CO)CO. The van der Waals surface area contributed by atoms with Crippen molar-refractivity contribution in [1.82, 2.24) is 16.0 Å². The molecule has 0 aliphatic heterocycles. The molecule has 0 saturated heterocycles. The van der Waals surface area contributed by atoms with Crippen LogP contribution in [0.2, 0.25) is 0 Å². The van der Waals surface area contributed by atoms with E-state index < -0.39 is 23.5 Å². The molecular formula is C9H19N3O4. The molecule has 16 heavy (non-hydrogen) atoms. The number of nitrogens with one attached hydrogen (secondary N) is 3. The van der Waals surface area contributed by atoms with Gasteiger partial charge in [0.15, 0.2) is 0 Å². The summed E-state index contributed by atoms with van der Waals surface area (Å²) in [5.41, 5.74) is -0.959. The van der Waals surface area contributed by atoms with E-state index in [1.807, 2.05) is 0 Å². The standard InChI is InChI=1S/C9H19N3O4/c1-6(7(15)11-8(16)10-3)12-9(2,4-13)5-14/h6,12-14H,4-5H2,1-3H3,(H2,10,11,15,16). The van der Waals surface area contributed by atoms with Crippen LogP contribution in [0.5, 0.6) is 0 Å². The van der Waals surface area contributed by atoms with Crippen molar-refractivity contribution in [1.29, 1.82) is 0 Å². The molecule has 5 N–H and O–H groups in total. The molecule has 3 amide bonds. The van der Waals surface area contributed by atoms with E-state index >= 15 is 0 Å². The maximum Gasteiger partial charge on any atom is 0.321 e. The molecule has 0 rings (SSSR count). The molecule has 0 aromatic heterocycles. The summed E-state index contributed by atoms with van der Waals surface area (Å²) in [5, 5.41) is 25.1. The third kappa shape index (κ3) is 4.56. The number of imide groups is 1. The van der Waals surface area contributed by atoms with Crippen molar-refractivity contribution in [2.45, 2.75) is 25.4 Å². The Kier molecular flexibility index (Phi) is 5.94. The Bertz CT molecular complexity index is 253. The maximum atomic E-state index is 11.4. The highest BCUT2D eigenvalue weighted by Gasteiger charge is 2.27. The van der Waals surface area contributed by atoms with E-state index in [0.29, 0.717) is 0 Å². The molecule has 0 aliphatic carbocycles. The number of aliphatic hydroxyl groups excluding tert-OH is 2. The number of urea groups is 1. The molecule has 0 heterocycles. The molecule has 7 heteroatoms. The zero-order chi connectivity index (χ0) is 12.8.